The van der Waals surface area contributed by atoms with Gasteiger partial charge in [-0.3, -0.25) is 4.79 Å². The lowest BCUT2D eigenvalue weighted by molar-refractivity contribution is -0.892. The summed E-state index contributed by atoms with van der Waals surface area (Å²) in [5.74, 6) is 0.885. The standard InChI is InChI=1S/C21H24N4O2/c1-27-20-4-2-3-19(15-20)25-13-11-24(12-14-25)16-21(26)23-18-7-5-17(6-8-18)9-10-22/h2-8,15H,9,11-14,16H2,1H3,(H,23,26)/p+1. The Bertz CT molecular complexity index is 806. The van der Waals surface area contributed by atoms with Crippen molar-refractivity contribution < 1.29 is 14.4 Å². The molecule has 1 aliphatic heterocycles. The van der Waals surface area contributed by atoms with Crippen LogP contribution >= 0.6 is 0 Å². The van der Waals surface area contributed by atoms with Crippen LogP contribution in [0.1, 0.15) is 5.56 Å². The van der Waals surface area contributed by atoms with E-state index in [4.69, 9.17) is 10.00 Å². The summed E-state index contributed by atoms with van der Waals surface area (Å²) in [5, 5.41) is 11.6. The fraction of sp³-hybridized carbons (Fsp3) is 0.333. The maximum Gasteiger partial charge on any atom is 0.279 e. The summed E-state index contributed by atoms with van der Waals surface area (Å²) >= 11 is 0. The molecule has 0 unspecified atom stereocenters. The van der Waals surface area contributed by atoms with Crippen molar-refractivity contribution in [1.29, 1.82) is 5.26 Å². The van der Waals surface area contributed by atoms with Gasteiger partial charge in [0.25, 0.3) is 5.91 Å². The maximum absolute atomic E-state index is 12.3. The van der Waals surface area contributed by atoms with E-state index in [-0.39, 0.29) is 5.91 Å². The average Bonchev–Trinajstić information content (AvgIpc) is 2.70. The van der Waals surface area contributed by atoms with E-state index in [0.717, 1.165) is 48.9 Å². The lowest BCUT2D eigenvalue weighted by Crippen LogP contribution is -3.15. The second-order valence-electron chi connectivity index (χ2n) is 6.70. The Kier molecular flexibility index (Phi) is 6.29. The monoisotopic (exact) mass is 365 g/mol. The van der Waals surface area contributed by atoms with E-state index in [1.165, 1.54) is 4.90 Å². The number of carbonyl (C=O) groups is 1. The van der Waals surface area contributed by atoms with Crippen LogP contribution in [-0.2, 0) is 11.2 Å². The third kappa shape index (κ3) is 5.22. The van der Waals surface area contributed by atoms with Gasteiger partial charge in [0.1, 0.15) is 5.75 Å². The van der Waals surface area contributed by atoms with Crippen LogP contribution < -0.4 is 19.9 Å². The van der Waals surface area contributed by atoms with Gasteiger partial charge in [-0.15, -0.1) is 0 Å². The van der Waals surface area contributed by atoms with E-state index in [2.05, 4.69) is 22.4 Å². The van der Waals surface area contributed by atoms with Crippen molar-refractivity contribution in [2.75, 3.05) is 50.1 Å². The number of piperazine rings is 1. The number of hydrogen-bond donors (Lipinski definition) is 2. The van der Waals surface area contributed by atoms with E-state index in [0.29, 0.717) is 13.0 Å². The second-order valence-corrected chi connectivity index (χ2v) is 6.70. The van der Waals surface area contributed by atoms with Crippen LogP contribution in [0.3, 0.4) is 0 Å². The van der Waals surface area contributed by atoms with Crippen LogP contribution in [0, 0.1) is 11.3 Å². The largest absolute Gasteiger partial charge is 0.497 e. The predicted molar refractivity (Wildman–Crippen MR) is 105 cm³/mol. The summed E-state index contributed by atoms with van der Waals surface area (Å²) in [4.78, 5) is 15.9. The van der Waals surface area contributed by atoms with E-state index in [1.807, 2.05) is 42.5 Å². The van der Waals surface area contributed by atoms with E-state index < -0.39 is 0 Å². The molecule has 0 bridgehead atoms. The number of methoxy groups -OCH3 is 1. The van der Waals surface area contributed by atoms with Gasteiger partial charge in [-0.2, -0.15) is 5.26 Å². The lowest BCUT2D eigenvalue weighted by Gasteiger charge is -2.33. The Morgan fingerprint density at radius 2 is 1.96 bits per heavy atom. The second kappa shape index (κ2) is 9.06. The van der Waals surface area contributed by atoms with Crippen molar-refractivity contribution in [2.24, 2.45) is 0 Å². The summed E-state index contributed by atoms with van der Waals surface area (Å²) in [7, 11) is 1.68. The zero-order valence-electron chi connectivity index (χ0n) is 15.6. The first-order chi connectivity index (χ1) is 13.2. The van der Waals surface area contributed by atoms with E-state index >= 15 is 0 Å². The van der Waals surface area contributed by atoms with E-state index in [1.54, 1.807) is 7.11 Å². The minimum Gasteiger partial charge on any atom is -0.497 e. The number of hydrogen-bond acceptors (Lipinski definition) is 4. The molecular weight excluding hydrogens is 340 g/mol. The van der Waals surface area contributed by atoms with Crippen LogP contribution in [0.15, 0.2) is 48.5 Å². The predicted octanol–water partition coefficient (Wildman–Crippen LogP) is 1.10. The van der Waals surface area contributed by atoms with Gasteiger partial charge >= 0.3 is 0 Å². The Balaban J connectivity index is 1.47. The molecule has 1 fully saturated rings. The van der Waals surface area contributed by atoms with Gasteiger partial charge in [0.05, 0.1) is 45.8 Å². The van der Waals surface area contributed by atoms with Gasteiger partial charge in [-0.1, -0.05) is 18.2 Å². The number of quaternary nitrogens is 1. The summed E-state index contributed by atoms with van der Waals surface area (Å²) in [6.45, 7) is 4.14. The van der Waals surface area contributed by atoms with Crippen molar-refractivity contribution in [3.8, 4) is 11.8 Å². The molecule has 1 saturated heterocycles. The Morgan fingerprint density at radius 1 is 1.22 bits per heavy atom. The number of nitrogens with zero attached hydrogens (tertiary/aromatic N) is 2. The van der Waals surface area contributed by atoms with Gasteiger partial charge < -0.3 is 19.9 Å². The molecule has 140 valence electrons. The fourth-order valence-corrected chi connectivity index (χ4v) is 3.29. The highest BCUT2D eigenvalue weighted by atomic mass is 16.5. The molecule has 0 aromatic heterocycles. The van der Waals surface area contributed by atoms with Crippen molar-refractivity contribution in [1.82, 2.24) is 0 Å². The van der Waals surface area contributed by atoms with Gasteiger partial charge in [0, 0.05) is 17.4 Å². The van der Waals surface area contributed by atoms with Crippen LogP contribution in [0.4, 0.5) is 11.4 Å². The molecule has 2 N–H and O–H groups in total. The van der Waals surface area contributed by atoms with Gasteiger partial charge in [-0.05, 0) is 29.8 Å². The third-order valence-electron chi connectivity index (χ3n) is 4.82. The number of nitriles is 1. The zero-order valence-corrected chi connectivity index (χ0v) is 15.6. The van der Waals surface area contributed by atoms with Crippen molar-refractivity contribution in [2.45, 2.75) is 6.42 Å². The molecule has 1 heterocycles. The molecular formula is C21H25N4O2+. The highest BCUT2D eigenvalue weighted by Crippen LogP contribution is 2.20. The average molecular weight is 365 g/mol. The fourth-order valence-electron chi connectivity index (χ4n) is 3.29. The summed E-state index contributed by atoms with van der Waals surface area (Å²) in [6.07, 6.45) is 0.385. The SMILES string of the molecule is COc1cccc(N2CC[NH+](CC(=O)Nc3ccc(CC#N)cc3)CC2)c1. The van der Waals surface area contributed by atoms with Crippen LogP contribution in [0.2, 0.25) is 0 Å². The first kappa shape index (κ1) is 18.7. The van der Waals surface area contributed by atoms with Gasteiger partial charge in [-0.25, -0.2) is 0 Å². The minimum atomic E-state index is 0.0212. The number of amides is 1. The molecule has 0 aliphatic carbocycles. The number of carbonyl (C=O) groups excluding carboxylic acids is 1. The number of rotatable bonds is 6. The number of nitrogens with one attached hydrogen (secondary N) is 2. The topological polar surface area (TPSA) is 69.8 Å². The van der Waals surface area contributed by atoms with Crippen LogP contribution in [0.5, 0.6) is 5.75 Å². The highest BCUT2D eigenvalue weighted by molar-refractivity contribution is 5.91. The maximum atomic E-state index is 12.3. The molecule has 0 atom stereocenters. The summed E-state index contributed by atoms with van der Waals surface area (Å²) in [6, 6.07) is 17.7. The molecule has 2 aromatic rings. The quantitative estimate of drug-likeness (QED) is 0.805. The molecule has 6 heteroatoms. The lowest BCUT2D eigenvalue weighted by atomic mass is 10.1. The Labute approximate surface area is 160 Å². The molecule has 27 heavy (non-hydrogen) atoms. The first-order valence-corrected chi connectivity index (χ1v) is 9.16. The van der Waals surface area contributed by atoms with Crippen molar-refractivity contribution in [3.63, 3.8) is 0 Å². The van der Waals surface area contributed by atoms with Crippen molar-refractivity contribution in [3.05, 3.63) is 54.1 Å². The molecule has 0 radical (unpaired) electrons. The Morgan fingerprint density at radius 3 is 2.63 bits per heavy atom. The van der Waals surface area contributed by atoms with Gasteiger partial charge in [0.15, 0.2) is 6.54 Å². The zero-order chi connectivity index (χ0) is 19.1. The molecule has 1 amide bonds. The molecule has 3 rings (SSSR count). The summed E-state index contributed by atoms with van der Waals surface area (Å²) < 4.78 is 5.30. The molecule has 1 aliphatic rings. The van der Waals surface area contributed by atoms with Gasteiger partial charge in [0.2, 0.25) is 0 Å². The molecule has 0 spiro atoms. The Hall–Kier alpha value is -3.04. The normalized spacial score (nSPS) is 14.4. The number of anilines is 2. The highest BCUT2D eigenvalue weighted by Gasteiger charge is 2.22. The van der Waals surface area contributed by atoms with Crippen molar-refractivity contribution >= 4 is 17.3 Å². The molecule has 6 nitrogen and oxygen atoms in total. The number of benzene rings is 2. The molecule has 0 saturated carbocycles. The third-order valence-corrected chi connectivity index (χ3v) is 4.82. The smallest absolute Gasteiger partial charge is 0.279 e. The summed E-state index contributed by atoms with van der Waals surface area (Å²) in [5.41, 5.74) is 2.89. The first-order valence-electron chi connectivity index (χ1n) is 9.16. The van der Waals surface area contributed by atoms with E-state index in [9.17, 15) is 4.79 Å². The van der Waals surface area contributed by atoms with Crippen LogP contribution in [-0.4, -0.2) is 45.7 Å². The van der Waals surface area contributed by atoms with Crippen LogP contribution in [0.25, 0.3) is 0 Å². The minimum absolute atomic E-state index is 0.0212. The number of ether oxygens (including phenoxy) is 1. The molecule has 2 aromatic carbocycles.